The molecule has 0 spiro atoms. The molecule has 1 aliphatic carbocycles. The average molecular weight is 369 g/mol. The summed E-state index contributed by atoms with van der Waals surface area (Å²) >= 11 is 0. The van der Waals surface area contributed by atoms with Gasteiger partial charge >= 0.3 is 0 Å². The number of hydrogen-bond donors (Lipinski definition) is 3. The van der Waals surface area contributed by atoms with Gasteiger partial charge in [-0.25, -0.2) is 13.1 Å². The number of amides is 1. The maximum Gasteiger partial charge on any atom is 0.252 e. The molecule has 25 heavy (non-hydrogen) atoms. The molecule has 140 valence electrons. The molecular weight excluding hydrogens is 342 g/mol. The summed E-state index contributed by atoms with van der Waals surface area (Å²) in [5.41, 5.74) is 5.32. The number of nitrogens with one attached hydrogen (secondary N) is 2. The van der Waals surface area contributed by atoms with Crippen LogP contribution in [0.4, 0.5) is 0 Å². The molecule has 0 bridgehead atoms. The molecule has 2 rings (SSSR count). The highest BCUT2D eigenvalue weighted by Crippen LogP contribution is 2.22. The van der Waals surface area contributed by atoms with Crippen LogP contribution in [-0.2, 0) is 10.0 Å². The maximum atomic E-state index is 12.4. The Bertz CT molecular complexity index is 683. The molecule has 1 aromatic rings. The minimum atomic E-state index is -3.70. The van der Waals surface area contributed by atoms with Gasteiger partial charge in [0.05, 0.1) is 17.6 Å². The first kappa shape index (κ1) is 19.7. The number of primary amides is 1. The zero-order chi connectivity index (χ0) is 18.3. The van der Waals surface area contributed by atoms with Gasteiger partial charge in [0.25, 0.3) is 5.91 Å². The van der Waals surface area contributed by atoms with Gasteiger partial charge in [-0.05, 0) is 31.0 Å². The highest BCUT2D eigenvalue weighted by molar-refractivity contribution is 7.89. The summed E-state index contributed by atoms with van der Waals surface area (Å²) in [6, 6.07) is 4.53. The zero-order valence-electron chi connectivity index (χ0n) is 14.6. The van der Waals surface area contributed by atoms with Gasteiger partial charge in [0, 0.05) is 19.1 Å². The molecule has 0 heterocycles. The van der Waals surface area contributed by atoms with Gasteiger partial charge in [0.2, 0.25) is 10.0 Å². The maximum absolute atomic E-state index is 12.4. The summed E-state index contributed by atoms with van der Waals surface area (Å²) in [6.07, 6.45) is 7.31. The van der Waals surface area contributed by atoms with Gasteiger partial charge in [-0.1, -0.05) is 25.7 Å². The fraction of sp³-hybridized carbons (Fsp3) is 0.588. The van der Waals surface area contributed by atoms with Crippen LogP contribution in [0.25, 0.3) is 0 Å². The van der Waals surface area contributed by atoms with Gasteiger partial charge in [-0.2, -0.15) is 0 Å². The van der Waals surface area contributed by atoms with E-state index >= 15 is 0 Å². The van der Waals surface area contributed by atoms with Crippen LogP contribution in [0.5, 0.6) is 5.75 Å². The smallest absolute Gasteiger partial charge is 0.252 e. The Morgan fingerprint density at radius 2 is 1.88 bits per heavy atom. The number of benzene rings is 1. The van der Waals surface area contributed by atoms with Crippen molar-refractivity contribution in [2.45, 2.75) is 49.5 Å². The molecule has 1 fully saturated rings. The molecule has 1 aromatic carbocycles. The third-order valence-corrected chi connectivity index (χ3v) is 5.91. The second kappa shape index (κ2) is 9.17. The van der Waals surface area contributed by atoms with E-state index < -0.39 is 15.9 Å². The van der Waals surface area contributed by atoms with Crippen LogP contribution in [-0.4, -0.2) is 40.6 Å². The first-order valence-corrected chi connectivity index (χ1v) is 10.1. The van der Waals surface area contributed by atoms with E-state index in [0.717, 1.165) is 12.8 Å². The molecule has 7 nitrogen and oxygen atoms in total. The number of rotatable bonds is 8. The molecule has 0 radical (unpaired) electrons. The quantitative estimate of drug-likeness (QED) is 0.474. The van der Waals surface area contributed by atoms with Gasteiger partial charge in [0.1, 0.15) is 5.75 Å². The van der Waals surface area contributed by atoms with Crippen molar-refractivity contribution in [2.24, 2.45) is 5.73 Å². The van der Waals surface area contributed by atoms with Crippen LogP contribution in [0.2, 0.25) is 0 Å². The number of carbonyl (C=O) groups is 1. The summed E-state index contributed by atoms with van der Waals surface area (Å²) in [5, 5.41) is 3.41. The van der Waals surface area contributed by atoms with Crippen molar-refractivity contribution < 1.29 is 17.9 Å². The largest absolute Gasteiger partial charge is 0.496 e. The molecule has 1 saturated carbocycles. The SMILES string of the molecule is COc1ccc(S(=O)(=O)NCCNC2CCCCCC2)cc1C(N)=O. The highest BCUT2D eigenvalue weighted by atomic mass is 32.2. The lowest BCUT2D eigenvalue weighted by molar-refractivity contribution is 0.0997. The van der Waals surface area contributed by atoms with Crippen molar-refractivity contribution in [1.82, 2.24) is 10.0 Å². The number of methoxy groups -OCH3 is 1. The van der Waals surface area contributed by atoms with E-state index in [-0.39, 0.29) is 22.8 Å². The summed E-state index contributed by atoms with van der Waals surface area (Å²) in [6.45, 7) is 0.861. The zero-order valence-corrected chi connectivity index (χ0v) is 15.4. The van der Waals surface area contributed by atoms with E-state index in [0.29, 0.717) is 12.6 Å². The summed E-state index contributed by atoms with van der Waals surface area (Å²) < 4.78 is 32.3. The lowest BCUT2D eigenvalue weighted by Gasteiger charge is -2.16. The van der Waals surface area contributed by atoms with Crippen molar-refractivity contribution in [3.05, 3.63) is 23.8 Å². The van der Waals surface area contributed by atoms with E-state index in [1.807, 2.05) is 0 Å². The molecule has 1 aliphatic rings. The summed E-state index contributed by atoms with van der Waals surface area (Å²) in [7, 11) is -2.31. The van der Waals surface area contributed by atoms with Crippen molar-refractivity contribution in [2.75, 3.05) is 20.2 Å². The Hall–Kier alpha value is -1.64. The van der Waals surface area contributed by atoms with E-state index in [4.69, 9.17) is 10.5 Å². The molecule has 0 atom stereocenters. The van der Waals surface area contributed by atoms with Crippen molar-refractivity contribution in [3.8, 4) is 5.75 Å². The van der Waals surface area contributed by atoms with Crippen molar-refractivity contribution >= 4 is 15.9 Å². The Kier molecular flexibility index (Phi) is 7.22. The molecule has 1 amide bonds. The predicted molar refractivity (Wildman–Crippen MR) is 96.2 cm³/mol. The molecule has 0 aromatic heterocycles. The Balaban J connectivity index is 1.92. The Morgan fingerprint density at radius 3 is 2.48 bits per heavy atom. The molecule has 8 heteroatoms. The lowest BCUT2D eigenvalue weighted by atomic mass is 10.1. The van der Waals surface area contributed by atoms with E-state index in [1.54, 1.807) is 0 Å². The lowest BCUT2D eigenvalue weighted by Crippen LogP contribution is -2.36. The fourth-order valence-corrected chi connectivity index (χ4v) is 4.13. The Morgan fingerprint density at radius 1 is 1.20 bits per heavy atom. The standard InChI is InChI=1S/C17H27N3O4S/c1-24-16-9-8-14(12-15(16)17(18)21)25(22,23)20-11-10-19-13-6-4-2-3-5-7-13/h8-9,12-13,19-20H,2-7,10-11H2,1H3,(H2,18,21). The van der Waals surface area contributed by atoms with Crippen LogP contribution in [0.1, 0.15) is 48.9 Å². The van der Waals surface area contributed by atoms with Gasteiger partial charge in [-0.3, -0.25) is 4.79 Å². The second-order valence-corrected chi connectivity index (χ2v) is 8.03. The Labute approximate surface area is 149 Å². The average Bonchev–Trinajstić information content (AvgIpc) is 2.87. The molecule has 0 saturated heterocycles. The highest BCUT2D eigenvalue weighted by Gasteiger charge is 2.18. The van der Waals surface area contributed by atoms with E-state index in [2.05, 4.69) is 10.0 Å². The number of hydrogen-bond acceptors (Lipinski definition) is 5. The summed E-state index contributed by atoms with van der Waals surface area (Å²) in [5.74, 6) is -0.481. The van der Waals surface area contributed by atoms with Crippen LogP contribution in [0, 0.1) is 0 Å². The van der Waals surface area contributed by atoms with Gasteiger partial charge in [0.15, 0.2) is 0 Å². The van der Waals surface area contributed by atoms with Crippen molar-refractivity contribution in [1.29, 1.82) is 0 Å². The monoisotopic (exact) mass is 369 g/mol. The second-order valence-electron chi connectivity index (χ2n) is 6.27. The topological polar surface area (TPSA) is 111 Å². The first-order chi connectivity index (χ1) is 11.9. The number of ether oxygens (including phenoxy) is 1. The minimum absolute atomic E-state index is 0.00318. The number of nitrogens with two attached hydrogens (primary N) is 1. The fourth-order valence-electron chi connectivity index (χ4n) is 3.08. The predicted octanol–water partition coefficient (Wildman–Crippen LogP) is 1.38. The number of carbonyl (C=O) groups excluding carboxylic acids is 1. The van der Waals surface area contributed by atoms with Crippen LogP contribution in [0.3, 0.4) is 0 Å². The third kappa shape index (κ3) is 5.69. The van der Waals surface area contributed by atoms with Gasteiger partial charge in [-0.15, -0.1) is 0 Å². The molecular formula is C17H27N3O4S. The van der Waals surface area contributed by atoms with Crippen LogP contribution in [0.15, 0.2) is 23.1 Å². The molecule has 0 aliphatic heterocycles. The summed E-state index contributed by atoms with van der Waals surface area (Å²) in [4.78, 5) is 11.4. The molecule has 4 N–H and O–H groups in total. The van der Waals surface area contributed by atoms with Crippen molar-refractivity contribution in [3.63, 3.8) is 0 Å². The van der Waals surface area contributed by atoms with Crippen LogP contribution >= 0.6 is 0 Å². The van der Waals surface area contributed by atoms with E-state index in [9.17, 15) is 13.2 Å². The van der Waals surface area contributed by atoms with Gasteiger partial charge < -0.3 is 15.8 Å². The minimum Gasteiger partial charge on any atom is -0.496 e. The number of sulfonamides is 1. The van der Waals surface area contributed by atoms with E-state index in [1.165, 1.54) is 51.0 Å². The molecule has 0 unspecified atom stereocenters. The van der Waals surface area contributed by atoms with Crippen LogP contribution < -0.4 is 20.5 Å². The first-order valence-electron chi connectivity index (χ1n) is 8.65. The normalized spacial score (nSPS) is 16.4. The third-order valence-electron chi connectivity index (χ3n) is 4.45.